The smallest absolute Gasteiger partial charge is 0.146 e. The van der Waals surface area contributed by atoms with Gasteiger partial charge in [-0.3, -0.25) is 0 Å². The third kappa shape index (κ3) is 3.21. The fourth-order valence-electron chi connectivity index (χ4n) is 2.24. The van der Waals surface area contributed by atoms with Crippen LogP contribution in [-0.4, -0.2) is 32.8 Å². The molecule has 0 bridgehead atoms. The zero-order valence-electron chi connectivity index (χ0n) is 10.9. The molecule has 0 aromatic heterocycles. The van der Waals surface area contributed by atoms with Crippen molar-refractivity contribution in [2.24, 2.45) is 0 Å². The van der Waals surface area contributed by atoms with Crippen LogP contribution in [0.4, 0.5) is 10.1 Å². The average Bonchev–Trinajstić information content (AvgIpc) is 2.40. The molecule has 0 atom stereocenters. The SMILES string of the molecule is CCCNCc1cccc(F)c1N1CCOCC1. The Morgan fingerprint density at radius 2 is 2.11 bits per heavy atom. The van der Waals surface area contributed by atoms with Crippen LogP contribution in [0.3, 0.4) is 0 Å². The first-order valence-corrected chi connectivity index (χ1v) is 6.63. The number of hydrogen-bond acceptors (Lipinski definition) is 3. The number of nitrogens with one attached hydrogen (secondary N) is 1. The van der Waals surface area contributed by atoms with Crippen molar-refractivity contribution in [3.63, 3.8) is 0 Å². The summed E-state index contributed by atoms with van der Waals surface area (Å²) < 4.78 is 19.4. The molecule has 1 fully saturated rings. The quantitative estimate of drug-likeness (QED) is 0.813. The van der Waals surface area contributed by atoms with Gasteiger partial charge in [-0.15, -0.1) is 0 Å². The predicted molar refractivity (Wildman–Crippen MR) is 71.4 cm³/mol. The molecular formula is C14H21FN2O. The number of morpholine rings is 1. The highest BCUT2D eigenvalue weighted by molar-refractivity contribution is 5.55. The number of ether oxygens (including phenoxy) is 1. The summed E-state index contributed by atoms with van der Waals surface area (Å²) in [4.78, 5) is 2.09. The maximum atomic E-state index is 14.0. The van der Waals surface area contributed by atoms with Crippen molar-refractivity contribution in [2.45, 2.75) is 19.9 Å². The number of benzene rings is 1. The molecule has 4 heteroatoms. The minimum absolute atomic E-state index is 0.132. The Morgan fingerprint density at radius 1 is 1.33 bits per heavy atom. The van der Waals surface area contributed by atoms with Crippen LogP contribution in [0.1, 0.15) is 18.9 Å². The molecule has 0 aliphatic carbocycles. The van der Waals surface area contributed by atoms with Crippen LogP contribution in [0.2, 0.25) is 0 Å². The summed E-state index contributed by atoms with van der Waals surface area (Å²) in [7, 11) is 0. The van der Waals surface area contributed by atoms with Crippen molar-refractivity contribution in [3.05, 3.63) is 29.6 Å². The van der Waals surface area contributed by atoms with Gasteiger partial charge in [-0.2, -0.15) is 0 Å². The second-order valence-corrected chi connectivity index (χ2v) is 4.52. The monoisotopic (exact) mass is 252 g/mol. The first-order valence-electron chi connectivity index (χ1n) is 6.63. The van der Waals surface area contributed by atoms with Gasteiger partial charge in [-0.25, -0.2) is 4.39 Å². The van der Waals surface area contributed by atoms with Crippen LogP contribution in [0, 0.1) is 5.82 Å². The number of para-hydroxylation sites is 1. The second-order valence-electron chi connectivity index (χ2n) is 4.52. The third-order valence-electron chi connectivity index (χ3n) is 3.14. The van der Waals surface area contributed by atoms with Gasteiger partial charge in [-0.05, 0) is 24.6 Å². The zero-order chi connectivity index (χ0) is 12.8. The first kappa shape index (κ1) is 13.3. The highest BCUT2D eigenvalue weighted by Gasteiger charge is 2.18. The summed E-state index contributed by atoms with van der Waals surface area (Å²) in [5.41, 5.74) is 1.77. The van der Waals surface area contributed by atoms with E-state index in [1.54, 1.807) is 6.07 Å². The van der Waals surface area contributed by atoms with Crippen molar-refractivity contribution in [1.82, 2.24) is 5.32 Å². The van der Waals surface area contributed by atoms with E-state index in [4.69, 9.17) is 4.74 Å². The van der Waals surface area contributed by atoms with E-state index in [0.717, 1.165) is 43.9 Å². The van der Waals surface area contributed by atoms with Gasteiger partial charge >= 0.3 is 0 Å². The van der Waals surface area contributed by atoms with E-state index in [-0.39, 0.29) is 5.82 Å². The topological polar surface area (TPSA) is 24.5 Å². The maximum Gasteiger partial charge on any atom is 0.146 e. The molecule has 1 aliphatic heterocycles. The molecule has 3 nitrogen and oxygen atoms in total. The summed E-state index contributed by atoms with van der Waals surface area (Å²) in [6, 6.07) is 5.31. The van der Waals surface area contributed by atoms with E-state index >= 15 is 0 Å². The number of rotatable bonds is 5. The summed E-state index contributed by atoms with van der Waals surface area (Å²) in [6.07, 6.45) is 1.09. The van der Waals surface area contributed by atoms with E-state index in [2.05, 4.69) is 17.1 Å². The zero-order valence-corrected chi connectivity index (χ0v) is 10.9. The van der Waals surface area contributed by atoms with Gasteiger partial charge in [-0.1, -0.05) is 19.1 Å². The van der Waals surface area contributed by atoms with Gasteiger partial charge in [0.1, 0.15) is 5.82 Å². The number of halogens is 1. The Morgan fingerprint density at radius 3 is 2.83 bits per heavy atom. The van der Waals surface area contributed by atoms with Crippen molar-refractivity contribution in [3.8, 4) is 0 Å². The second kappa shape index (κ2) is 6.71. The Labute approximate surface area is 108 Å². The largest absolute Gasteiger partial charge is 0.378 e. The van der Waals surface area contributed by atoms with Gasteiger partial charge in [0.15, 0.2) is 0 Å². The van der Waals surface area contributed by atoms with Crippen molar-refractivity contribution in [1.29, 1.82) is 0 Å². The van der Waals surface area contributed by atoms with Gasteiger partial charge in [0, 0.05) is 19.6 Å². The van der Waals surface area contributed by atoms with Crippen LogP contribution < -0.4 is 10.2 Å². The summed E-state index contributed by atoms with van der Waals surface area (Å²) >= 11 is 0. The molecule has 0 unspecified atom stereocenters. The normalized spacial score (nSPS) is 16.0. The highest BCUT2D eigenvalue weighted by Crippen LogP contribution is 2.25. The molecule has 100 valence electrons. The molecule has 1 aliphatic rings. The van der Waals surface area contributed by atoms with E-state index in [1.165, 1.54) is 6.07 Å². The molecule has 0 amide bonds. The van der Waals surface area contributed by atoms with Gasteiger partial charge in [0.05, 0.1) is 18.9 Å². The lowest BCUT2D eigenvalue weighted by atomic mass is 10.1. The number of hydrogen-bond donors (Lipinski definition) is 1. The van der Waals surface area contributed by atoms with Crippen LogP contribution in [0.5, 0.6) is 0 Å². The van der Waals surface area contributed by atoms with Crippen molar-refractivity contribution in [2.75, 3.05) is 37.7 Å². The molecule has 2 rings (SSSR count). The lowest BCUT2D eigenvalue weighted by Crippen LogP contribution is -2.37. The third-order valence-corrected chi connectivity index (χ3v) is 3.14. The first-order chi connectivity index (χ1) is 8.83. The van der Waals surface area contributed by atoms with Gasteiger partial charge in [0.25, 0.3) is 0 Å². The molecule has 1 aromatic carbocycles. The lowest BCUT2D eigenvalue weighted by Gasteiger charge is -2.31. The van der Waals surface area contributed by atoms with Crippen molar-refractivity contribution < 1.29 is 9.13 Å². The predicted octanol–water partition coefficient (Wildman–Crippen LogP) is 2.16. The van der Waals surface area contributed by atoms with Crippen LogP contribution in [0.25, 0.3) is 0 Å². The highest BCUT2D eigenvalue weighted by atomic mass is 19.1. The van der Waals surface area contributed by atoms with E-state index in [0.29, 0.717) is 13.2 Å². The summed E-state index contributed by atoms with van der Waals surface area (Å²) in [5.74, 6) is -0.132. The Kier molecular flexibility index (Phi) is 4.96. The van der Waals surface area contributed by atoms with Crippen molar-refractivity contribution >= 4 is 5.69 Å². The molecule has 0 spiro atoms. The van der Waals surface area contributed by atoms with E-state index in [9.17, 15) is 4.39 Å². The lowest BCUT2D eigenvalue weighted by molar-refractivity contribution is 0.122. The molecule has 1 aromatic rings. The minimum Gasteiger partial charge on any atom is -0.378 e. The summed E-state index contributed by atoms with van der Waals surface area (Å²) in [5, 5.41) is 3.33. The van der Waals surface area contributed by atoms with Crippen LogP contribution in [0.15, 0.2) is 18.2 Å². The molecule has 0 radical (unpaired) electrons. The fraction of sp³-hybridized carbons (Fsp3) is 0.571. The molecule has 1 saturated heterocycles. The molecule has 0 saturated carbocycles. The molecule has 1 N–H and O–H groups in total. The Bertz CT molecular complexity index is 378. The molecule has 18 heavy (non-hydrogen) atoms. The molecular weight excluding hydrogens is 231 g/mol. The number of anilines is 1. The Balaban J connectivity index is 2.14. The van der Waals surface area contributed by atoms with E-state index in [1.807, 2.05) is 6.07 Å². The fourth-order valence-corrected chi connectivity index (χ4v) is 2.24. The Hall–Kier alpha value is -1.13. The van der Waals surface area contributed by atoms with Crippen LogP contribution in [-0.2, 0) is 11.3 Å². The minimum atomic E-state index is -0.132. The standard InChI is InChI=1S/C14H21FN2O/c1-2-6-16-11-12-4-3-5-13(15)14(12)17-7-9-18-10-8-17/h3-5,16H,2,6-11H2,1H3. The summed E-state index contributed by atoms with van der Waals surface area (Å²) in [6.45, 7) is 6.69. The molecule has 1 heterocycles. The van der Waals surface area contributed by atoms with Gasteiger partial charge < -0.3 is 15.0 Å². The maximum absolute atomic E-state index is 14.0. The van der Waals surface area contributed by atoms with E-state index < -0.39 is 0 Å². The number of nitrogens with zero attached hydrogens (tertiary/aromatic N) is 1. The average molecular weight is 252 g/mol. The van der Waals surface area contributed by atoms with Crippen LogP contribution >= 0.6 is 0 Å². The van der Waals surface area contributed by atoms with Gasteiger partial charge in [0.2, 0.25) is 0 Å².